The SMILES string of the molecule is Cc1nnc(-c2ccc3nnc(CC(=O)N4CC[C@H](N(C)C)[C@@H](F)C4)cc3c2)s1. The second-order valence-corrected chi connectivity index (χ2v) is 8.77. The molecule has 0 unspecified atom stereocenters. The van der Waals surface area contributed by atoms with Gasteiger partial charge in [0.1, 0.15) is 16.2 Å². The first kappa shape index (κ1) is 19.8. The first-order valence-electron chi connectivity index (χ1n) is 9.56. The van der Waals surface area contributed by atoms with Gasteiger partial charge in [-0.05, 0) is 51.7 Å². The Morgan fingerprint density at radius 3 is 2.76 bits per heavy atom. The molecule has 2 aromatic heterocycles. The zero-order chi connectivity index (χ0) is 20.5. The molecule has 3 aromatic rings. The molecule has 0 N–H and O–H groups in total. The summed E-state index contributed by atoms with van der Waals surface area (Å²) in [6, 6.07) is 7.55. The van der Waals surface area contributed by atoms with Crippen molar-refractivity contribution in [1.29, 1.82) is 0 Å². The molecular formula is C20H23FN6OS. The third kappa shape index (κ3) is 4.25. The summed E-state index contributed by atoms with van der Waals surface area (Å²) >= 11 is 1.53. The molecule has 0 aliphatic carbocycles. The molecule has 3 heterocycles. The summed E-state index contributed by atoms with van der Waals surface area (Å²) in [7, 11) is 3.74. The van der Waals surface area contributed by atoms with Crippen LogP contribution < -0.4 is 0 Å². The lowest BCUT2D eigenvalue weighted by Gasteiger charge is -2.37. The number of rotatable bonds is 4. The maximum absolute atomic E-state index is 14.4. The molecule has 1 fully saturated rings. The number of likely N-dealkylation sites (tertiary alicyclic amines) is 1. The van der Waals surface area contributed by atoms with Gasteiger partial charge < -0.3 is 9.80 Å². The Kier molecular flexibility index (Phi) is 5.51. The fraction of sp³-hybridized carbons (Fsp3) is 0.450. The number of fused-ring (bicyclic) bond motifs is 1. The van der Waals surface area contributed by atoms with Crippen LogP contribution in [0.1, 0.15) is 17.1 Å². The third-order valence-corrected chi connectivity index (χ3v) is 6.15. The highest BCUT2D eigenvalue weighted by molar-refractivity contribution is 7.14. The molecule has 1 amide bonds. The second-order valence-electron chi connectivity index (χ2n) is 7.59. The van der Waals surface area contributed by atoms with Gasteiger partial charge >= 0.3 is 0 Å². The van der Waals surface area contributed by atoms with Gasteiger partial charge in [-0.3, -0.25) is 4.79 Å². The van der Waals surface area contributed by atoms with Crippen molar-refractivity contribution in [2.45, 2.75) is 32.0 Å². The van der Waals surface area contributed by atoms with E-state index in [9.17, 15) is 9.18 Å². The molecule has 0 saturated carbocycles. The van der Waals surface area contributed by atoms with E-state index in [0.29, 0.717) is 18.7 Å². The molecule has 1 aromatic carbocycles. The molecular weight excluding hydrogens is 391 g/mol. The van der Waals surface area contributed by atoms with Gasteiger partial charge in [-0.15, -0.1) is 10.2 Å². The molecule has 1 aliphatic heterocycles. The highest BCUT2D eigenvalue weighted by Gasteiger charge is 2.32. The summed E-state index contributed by atoms with van der Waals surface area (Å²) < 4.78 is 14.4. The topological polar surface area (TPSA) is 75.1 Å². The Balaban J connectivity index is 1.50. The predicted octanol–water partition coefficient (Wildman–Crippen LogP) is 2.50. The van der Waals surface area contributed by atoms with Gasteiger partial charge in [0, 0.05) is 23.5 Å². The van der Waals surface area contributed by atoms with Gasteiger partial charge in [0.25, 0.3) is 0 Å². The Bertz CT molecular complexity index is 1040. The van der Waals surface area contributed by atoms with Crippen LogP contribution in [0.3, 0.4) is 0 Å². The summed E-state index contributed by atoms with van der Waals surface area (Å²) in [5.41, 5.74) is 2.29. The number of hydrogen-bond donors (Lipinski definition) is 0. The Hall–Kier alpha value is -2.52. The molecule has 29 heavy (non-hydrogen) atoms. The fourth-order valence-corrected chi connectivity index (χ4v) is 4.38. The Labute approximate surface area is 172 Å². The van der Waals surface area contributed by atoms with Crippen molar-refractivity contribution >= 4 is 28.1 Å². The van der Waals surface area contributed by atoms with Crippen molar-refractivity contribution in [3.63, 3.8) is 0 Å². The van der Waals surface area contributed by atoms with Crippen LogP contribution in [0, 0.1) is 6.92 Å². The maximum Gasteiger partial charge on any atom is 0.228 e. The van der Waals surface area contributed by atoms with Crippen LogP contribution in [0.15, 0.2) is 24.3 Å². The van der Waals surface area contributed by atoms with Crippen molar-refractivity contribution in [1.82, 2.24) is 30.2 Å². The van der Waals surface area contributed by atoms with Crippen LogP contribution in [0.2, 0.25) is 0 Å². The van der Waals surface area contributed by atoms with Crippen molar-refractivity contribution in [3.05, 3.63) is 35.0 Å². The molecule has 0 bridgehead atoms. The zero-order valence-corrected chi connectivity index (χ0v) is 17.5. The van der Waals surface area contributed by atoms with E-state index in [4.69, 9.17) is 0 Å². The van der Waals surface area contributed by atoms with Gasteiger partial charge in [0.05, 0.1) is 24.2 Å². The lowest BCUT2D eigenvalue weighted by atomic mass is 10.0. The number of alkyl halides is 1. The number of halogens is 1. The van der Waals surface area contributed by atoms with Crippen molar-refractivity contribution in [2.24, 2.45) is 0 Å². The maximum atomic E-state index is 14.4. The molecule has 2 atom stereocenters. The fourth-order valence-electron chi connectivity index (χ4n) is 3.69. The Morgan fingerprint density at radius 2 is 2.07 bits per heavy atom. The predicted molar refractivity (Wildman–Crippen MR) is 110 cm³/mol. The minimum atomic E-state index is -1.04. The van der Waals surface area contributed by atoms with Crippen LogP contribution in [0.5, 0.6) is 0 Å². The highest BCUT2D eigenvalue weighted by atomic mass is 32.1. The van der Waals surface area contributed by atoms with Crippen molar-refractivity contribution in [2.75, 3.05) is 27.2 Å². The van der Waals surface area contributed by atoms with E-state index in [0.717, 1.165) is 26.5 Å². The lowest BCUT2D eigenvalue weighted by Crippen LogP contribution is -2.52. The number of nitrogens with zero attached hydrogens (tertiary/aromatic N) is 6. The molecule has 152 valence electrons. The van der Waals surface area contributed by atoms with E-state index >= 15 is 0 Å². The van der Waals surface area contributed by atoms with Gasteiger partial charge in [-0.2, -0.15) is 10.2 Å². The van der Waals surface area contributed by atoms with Crippen LogP contribution in [-0.4, -0.2) is 75.5 Å². The summed E-state index contributed by atoms with van der Waals surface area (Å²) in [5.74, 6) is -0.116. The van der Waals surface area contributed by atoms with Crippen molar-refractivity contribution < 1.29 is 9.18 Å². The van der Waals surface area contributed by atoms with E-state index < -0.39 is 6.17 Å². The summed E-state index contributed by atoms with van der Waals surface area (Å²) in [4.78, 5) is 16.2. The summed E-state index contributed by atoms with van der Waals surface area (Å²) in [6.07, 6.45) is -0.290. The van der Waals surface area contributed by atoms with Gasteiger partial charge in [-0.25, -0.2) is 4.39 Å². The molecule has 1 saturated heterocycles. The molecule has 4 rings (SSSR count). The number of amides is 1. The first-order valence-corrected chi connectivity index (χ1v) is 10.4. The Morgan fingerprint density at radius 1 is 1.24 bits per heavy atom. The minimum absolute atomic E-state index is 0.116. The van der Waals surface area contributed by atoms with Crippen LogP contribution >= 0.6 is 11.3 Å². The lowest BCUT2D eigenvalue weighted by molar-refractivity contribution is -0.133. The highest BCUT2D eigenvalue weighted by Crippen LogP contribution is 2.26. The second kappa shape index (κ2) is 8.08. The largest absolute Gasteiger partial charge is 0.339 e. The number of piperidine rings is 1. The average Bonchev–Trinajstić information content (AvgIpc) is 3.13. The van der Waals surface area contributed by atoms with Crippen LogP contribution in [0.4, 0.5) is 4.39 Å². The zero-order valence-electron chi connectivity index (χ0n) is 16.7. The number of aryl methyl sites for hydroxylation is 1. The first-order chi connectivity index (χ1) is 13.9. The molecule has 7 nitrogen and oxygen atoms in total. The van der Waals surface area contributed by atoms with E-state index in [2.05, 4.69) is 20.4 Å². The third-order valence-electron chi connectivity index (χ3n) is 5.26. The molecule has 0 radical (unpaired) electrons. The van der Waals surface area contributed by atoms with E-state index in [-0.39, 0.29) is 24.9 Å². The molecule has 0 spiro atoms. The van der Waals surface area contributed by atoms with Gasteiger partial charge in [0.15, 0.2) is 0 Å². The summed E-state index contributed by atoms with van der Waals surface area (Å²) in [5, 5.41) is 19.3. The van der Waals surface area contributed by atoms with Gasteiger partial charge in [0.2, 0.25) is 5.91 Å². The smallest absolute Gasteiger partial charge is 0.228 e. The van der Waals surface area contributed by atoms with E-state index in [1.54, 1.807) is 4.90 Å². The number of carbonyl (C=O) groups is 1. The minimum Gasteiger partial charge on any atom is -0.339 e. The van der Waals surface area contributed by atoms with E-state index in [1.807, 2.05) is 50.2 Å². The monoisotopic (exact) mass is 414 g/mol. The molecule has 9 heteroatoms. The number of aromatic nitrogens is 4. The normalized spacial score (nSPS) is 19.8. The summed E-state index contributed by atoms with van der Waals surface area (Å²) in [6.45, 7) is 2.60. The van der Waals surface area contributed by atoms with Gasteiger partial charge in [-0.1, -0.05) is 11.3 Å². The molecule has 1 aliphatic rings. The standard InChI is InChI=1S/C20H23FN6OS/c1-12-22-25-20(29-12)13-4-5-17-14(8-13)9-15(23-24-17)10-19(28)27-7-6-18(26(2)3)16(21)11-27/h4-5,8-9,16,18H,6-7,10-11H2,1-3H3/t16-,18-/m0/s1. The number of hydrogen-bond acceptors (Lipinski definition) is 7. The average molecular weight is 415 g/mol. The van der Waals surface area contributed by atoms with Crippen molar-refractivity contribution in [3.8, 4) is 10.6 Å². The quantitative estimate of drug-likeness (QED) is 0.653. The van der Waals surface area contributed by atoms with Crippen LogP contribution in [0.25, 0.3) is 21.5 Å². The van der Waals surface area contributed by atoms with Crippen LogP contribution in [-0.2, 0) is 11.2 Å². The number of benzene rings is 1. The van der Waals surface area contributed by atoms with E-state index in [1.165, 1.54) is 11.3 Å². The number of carbonyl (C=O) groups excluding carboxylic acids is 1.